The third-order valence-electron chi connectivity index (χ3n) is 3.85. The van der Waals surface area contributed by atoms with E-state index in [4.69, 9.17) is 0 Å². The van der Waals surface area contributed by atoms with Crippen LogP contribution in [0.4, 0.5) is 0 Å². The van der Waals surface area contributed by atoms with Crippen LogP contribution in [0.15, 0.2) is 24.3 Å². The maximum absolute atomic E-state index is 3.97. The number of fused-ring (bicyclic) bond motifs is 1. The molecule has 2 atom stereocenters. The van der Waals surface area contributed by atoms with Crippen molar-refractivity contribution in [2.45, 2.75) is 43.9 Å². The number of halogens is 1. The molecule has 0 spiro atoms. The Balaban J connectivity index is 1.97. The number of hydrogen-bond acceptors (Lipinski definition) is 1. The van der Waals surface area contributed by atoms with E-state index in [0.29, 0.717) is 4.83 Å². The third kappa shape index (κ3) is 3.77. The molecule has 0 fully saturated rings. The van der Waals surface area contributed by atoms with E-state index in [-0.39, 0.29) is 0 Å². The average molecular weight is 327 g/mol. The Bertz CT molecular complexity index is 364. The van der Waals surface area contributed by atoms with Gasteiger partial charge in [-0.05, 0) is 60.7 Å². The summed E-state index contributed by atoms with van der Waals surface area (Å²) in [5, 5.41) is 0. The van der Waals surface area contributed by atoms with Crippen molar-refractivity contribution in [2.75, 3.05) is 11.5 Å². The van der Waals surface area contributed by atoms with Crippen LogP contribution in [0.3, 0.4) is 0 Å². The van der Waals surface area contributed by atoms with Crippen LogP contribution in [0.1, 0.15) is 48.6 Å². The molecule has 0 radical (unpaired) electrons. The van der Waals surface area contributed by atoms with Crippen LogP contribution in [0.2, 0.25) is 0 Å². The molecule has 0 nitrogen and oxygen atoms in total. The van der Waals surface area contributed by atoms with Gasteiger partial charge in [0.25, 0.3) is 0 Å². The van der Waals surface area contributed by atoms with Crippen molar-refractivity contribution in [2.24, 2.45) is 5.92 Å². The SMILES string of the molecule is CCSCCCC1CCCc2ccccc2C1Br. The summed E-state index contributed by atoms with van der Waals surface area (Å²) in [6.45, 7) is 2.25. The second kappa shape index (κ2) is 7.59. The second-order valence-electron chi connectivity index (χ2n) is 5.09. The van der Waals surface area contributed by atoms with Gasteiger partial charge in [-0.1, -0.05) is 47.1 Å². The van der Waals surface area contributed by atoms with Crippen LogP contribution >= 0.6 is 27.7 Å². The first-order valence-corrected chi connectivity index (χ1v) is 9.19. The zero-order valence-electron chi connectivity index (χ0n) is 11.2. The molecule has 0 amide bonds. The Morgan fingerprint density at radius 3 is 3.00 bits per heavy atom. The van der Waals surface area contributed by atoms with Gasteiger partial charge in [0, 0.05) is 4.83 Å². The highest BCUT2D eigenvalue weighted by Gasteiger charge is 2.24. The molecule has 0 heterocycles. The van der Waals surface area contributed by atoms with Crippen molar-refractivity contribution >= 4 is 27.7 Å². The monoisotopic (exact) mass is 326 g/mol. The van der Waals surface area contributed by atoms with Crippen molar-refractivity contribution < 1.29 is 0 Å². The van der Waals surface area contributed by atoms with Crippen molar-refractivity contribution in [3.8, 4) is 0 Å². The summed E-state index contributed by atoms with van der Waals surface area (Å²) in [5.74, 6) is 3.41. The molecule has 1 aliphatic rings. The zero-order valence-corrected chi connectivity index (χ0v) is 13.6. The molecule has 2 unspecified atom stereocenters. The van der Waals surface area contributed by atoms with Gasteiger partial charge in [-0.2, -0.15) is 11.8 Å². The highest BCUT2D eigenvalue weighted by molar-refractivity contribution is 9.09. The van der Waals surface area contributed by atoms with Gasteiger partial charge in [0.1, 0.15) is 0 Å². The summed E-state index contributed by atoms with van der Waals surface area (Å²) < 4.78 is 0. The molecule has 0 saturated carbocycles. The normalized spacial score (nSPS) is 23.4. The fraction of sp³-hybridized carbons (Fsp3) is 0.625. The number of alkyl halides is 1. The Morgan fingerprint density at radius 1 is 1.33 bits per heavy atom. The van der Waals surface area contributed by atoms with Gasteiger partial charge in [0.05, 0.1) is 0 Å². The molecule has 1 aliphatic carbocycles. The smallest absolute Gasteiger partial charge is 0.0426 e. The zero-order chi connectivity index (χ0) is 12.8. The minimum Gasteiger partial charge on any atom is -0.162 e. The molecule has 2 heteroatoms. The first kappa shape index (κ1) is 14.5. The average Bonchev–Trinajstić information content (AvgIpc) is 2.56. The summed E-state index contributed by atoms with van der Waals surface area (Å²) >= 11 is 6.04. The van der Waals surface area contributed by atoms with Crippen LogP contribution in [-0.4, -0.2) is 11.5 Å². The van der Waals surface area contributed by atoms with Crippen LogP contribution in [-0.2, 0) is 6.42 Å². The molecule has 1 aromatic rings. The van der Waals surface area contributed by atoms with E-state index in [9.17, 15) is 0 Å². The van der Waals surface area contributed by atoms with E-state index >= 15 is 0 Å². The summed E-state index contributed by atoms with van der Waals surface area (Å²) in [6, 6.07) is 8.98. The minimum atomic E-state index is 0.572. The lowest BCUT2D eigenvalue weighted by Crippen LogP contribution is -2.07. The molecule has 2 rings (SSSR count). The van der Waals surface area contributed by atoms with E-state index < -0.39 is 0 Å². The first-order valence-electron chi connectivity index (χ1n) is 7.12. The predicted molar refractivity (Wildman–Crippen MR) is 86.8 cm³/mol. The van der Waals surface area contributed by atoms with E-state index in [0.717, 1.165) is 5.92 Å². The fourth-order valence-corrected chi connectivity index (χ4v) is 4.50. The van der Waals surface area contributed by atoms with Gasteiger partial charge in [-0.25, -0.2) is 0 Å². The lowest BCUT2D eigenvalue weighted by Gasteiger charge is -2.21. The highest BCUT2D eigenvalue weighted by atomic mass is 79.9. The molecule has 0 aliphatic heterocycles. The van der Waals surface area contributed by atoms with Crippen molar-refractivity contribution in [3.05, 3.63) is 35.4 Å². The maximum atomic E-state index is 3.97. The minimum absolute atomic E-state index is 0.572. The van der Waals surface area contributed by atoms with Crippen molar-refractivity contribution in [3.63, 3.8) is 0 Å². The Hall–Kier alpha value is 0.0500. The molecule has 0 aromatic heterocycles. The number of benzene rings is 1. The summed E-state index contributed by atoms with van der Waals surface area (Å²) in [4.78, 5) is 0.572. The lowest BCUT2D eigenvalue weighted by atomic mass is 9.93. The number of rotatable bonds is 5. The van der Waals surface area contributed by atoms with Crippen LogP contribution in [0.25, 0.3) is 0 Å². The third-order valence-corrected chi connectivity index (χ3v) is 6.08. The molecule has 0 bridgehead atoms. The molecule has 18 heavy (non-hydrogen) atoms. The topological polar surface area (TPSA) is 0 Å². The van der Waals surface area contributed by atoms with Gasteiger partial charge in [0.15, 0.2) is 0 Å². The highest BCUT2D eigenvalue weighted by Crippen LogP contribution is 2.41. The number of hydrogen-bond donors (Lipinski definition) is 0. The second-order valence-corrected chi connectivity index (χ2v) is 7.47. The first-order chi connectivity index (χ1) is 8.83. The Kier molecular flexibility index (Phi) is 6.10. The van der Waals surface area contributed by atoms with E-state index in [1.807, 2.05) is 0 Å². The molecule has 100 valence electrons. The van der Waals surface area contributed by atoms with Gasteiger partial charge >= 0.3 is 0 Å². The summed E-state index contributed by atoms with van der Waals surface area (Å²) in [6.07, 6.45) is 6.73. The fourth-order valence-electron chi connectivity index (χ4n) is 2.87. The quantitative estimate of drug-likeness (QED) is 0.385. The van der Waals surface area contributed by atoms with Crippen molar-refractivity contribution in [1.29, 1.82) is 0 Å². The van der Waals surface area contributed by atoms with Crippen LogP contribution in [0.5, 0.6) is 0 Å². The van der Waals surface area contributed by atoms with Gasteiger partial charge in [0.2, 0.25) is 0 Å². The van der Waals surface area contributed by atoms with E-state index in [2.05, 4.69) is 58.9 Å². The van der Waals surface area contributed by atoms with Crippen LogP contribution < -0.4 is 0 Å². The largest absolute Gasteiger partial charge is 0.162 e. The predicted octanol–water partition coefficient (Wildman–Crippen LogP) is 5.61. The van der Waals surface area contributed by atoms with Crippen LogP contribution in [0, 0.1) is 5.92 Å². The molecule has 0 saturated heterocycles. The Morgan fingerprint density at radius 2 is 2.17 bits per heavy atom. The lowest BCUT2D eigenvalue weighted by molar-refractivity contribution is 0.440. The van der Waals surface area contributed by atoms with Gasteiger partial charge in [-0.3, -0.25) is 0 Å². The van der Waals surface area contributed by atoms with Gasteiger partial charge < -0.3 is 0 Å². The van der Waals surface area contributed by atoms with Gasteiger partial charge in [-0.15, -0.1) is 0 Å². The van der Waals surface area contributed by atoms with E-state index in [1.165, 1.54) is 43.6 Å². The molecule has 1 aromatic carbocycles. The Labute approximate surface area is 124 Å². The number of thioether (sulfide) groups is 1. The number of aryl methyl sites for hydroxylation is 1. The van der Waals surface area contributed by atoms with Crippen molar-refractivity contribution in [1.82, 2.24) is 0 Å². The molecular weight excluding hydrogens is 304 g/mol. The molecular formula is C16H23BrS. The standard InChI is InChI=1S/C16H23BrS/c1-2-18-12-6-10-14-9-5-8-13-7-3-4-11-15(13)16(14)17/h3-4,7,11,14,16H,2,5-6,8-10,12H2,1H3. The maximum Gasteiger partial charge on any atom is 0.0426 e. The van der Waals surface area contributed by atoms with E-state index in [1.54, 1.807) is 11.1 Å². The molecule has 0 N–H and O–H groups in total. The summed E-state index contributed by atoms with van der Waals surface area (Å²) in [7, 11) is 0. The summed E-state index contributed by atoms with van der Waals surface area (Å²) in [5.41, 5.74) is 3.10.